The van der Waals surface area contributed by atoms with Gasteiger partial charge in [0.25, 0.3) is 5.91 Å². The third-order valence-corrected chi connectivity index (χ3v) is 2.98. The molecule has 0 spiro atoms. The van der Waals surface area contributed by atoms with Gasteiger partial charge in [0.1, 0.15) is 0 Å². The maximum absolute atomic E-state index is 12.3. The Morgan fingerprint density at radius 1 is 1.41 bits per heavy atom. The third kappa shape index (κ3) is 2.86. The summed E-state index contributed by atoms with van der Waals surface area (Å²) in [5.74, 6) is 0.102. The molecule has 0 saturated carbocycles. The van der Waals surface area contributed by atoms with Crippen LogP contribution in [-0.2, 0) is 4.74 Å². The molecule has 0 bridgehead atoms. The molecular weight excluding hydrogens is 214 g/mol. The molecule has 0 aliphatic carbocycles. The molecule has 1 heterocycles. The van der Waals surface area contributed by atoms with E-state index in [1.54, 1.807) is 0 Å². The lowest BCUT2D eigenvalue weighted by atomic mass is 10.1. The van der Waals surface area contributed by atoms with Gasteiger partial charge in [-0.15, -0.1) is 0 Å². The first-order valence-electron chi connectivity index (χ1n) is 5.98. The highest BCUT2D eigenvalue weighted by atomic mass is 16.5. The van der Waals surface area contributed by atoms with Crippen LogP contribution in [0, 0.1) is 6.92 Å². The number of morpholine rings is 1. The van der Waals surface area contributed by atoms with Gasteiger partial charge in [-0.1, -0.05) is 17.7 Å². The van der Waals surface area contributed by atoms with E-state index in [1.165, 1.54) is 0 Å². The van der Waals surface area contributed by atoms with Gasteiger partial charge in [-0.3, -0.25) is 4.79 Å². The first-order chi connectivity index (χ1) is 7.98. The molecule has 1 aliphatic heterocycles. The smallest absolute Gasteiger partial charge is 0.254 e. The number of hydrogen-bond acceptors (Lipinski definition) is 2. The fourth-order valence-electron chi connectivity index (χ4n) is 2.15. The molecule has 0 atom stereocenters. The summed E-state index contributed by atoms with van der Waals surface area (Å²) in [6.07, 6.45) is 0. The van der Waals surface area contributed by atoms with E-state index in [2.05, 4.69) is 0 Å². The summed E-state index contributed by atoms with van der Waals surface area (Å²) in [5, 5.41) is 0. The van der Waals surface area contributed by atoms with Gasteiger partial charge >= 0.3 is 0 Å². The van der Waals surface area contributed by atoms with E-state index in [4.69, 9.17) is 4.74 Å². The largest absolute Gasteiger partial charge is 0.372 e. The number of nitrogens with zero attached hydrogens (tertiary/aromatic N) is 1. The molecule has 1 aliphatic rings. The van der Waals surface area contributed by atoms with Gasteiger partial charge in [0.15, 0.2) is 0 Å². The lowest BCUT2D eigenvalue weighted by Gasteiger charge is -2.38. The first-order valence-corrected chi connectivity index (χ1v) is 5.98. The summed E-state index contributed by atoms with van der Waals surface area (Å²) in [7, 11) is 0. The van der Waals surface area contributed by atoms with Crippen molar-refractivity contribution in [2.45, 2.75) is 26.4 Å². The van der Waals surface area contributed by atoms with Crippen LogP contribution in [0.2, 0.25) is 0 Å². The van der Waals surface area contributed by atoms with Crippen LogP contribution in [0.3, 0.4) is 0 Å². The molecule has 2 rings (SSSR count). The van der Waals surface area contributed by atoms with Crippen molar-refractivity contribution in [2.24, 2.45) is 0 Å². The highest BCUT2D eigenvalue weighted by molar-refractivity contribution is 5.94. The Balaban J connectivity index is 2.15. The molecule has 92 valence electrons. The Kier molecular flexibility index (Phi) is 3.20. The van der Waals surface area contributed by atoms with Crippen LogP contribution < -0.4 is 0 Å². The van der Waals surface area contributed by atoms with E-state index in [0.717, 1.165) is 11.1 Å². The molecule has 1 fully saturated rings. The second kappa shape index (κ2) is 4.49. The summed E-state index contributed by atoms with van der Waals surface area (Å²) in [5.41, 5.74) is 1.64. The van der Waals surface area contributed by atoms with Gasteiger partial charge in [-0.05, 0) is 32.9 Å². The van der Waals surface area contributed by atoms with Crippen molar-refractivity contribution in [3.63, 3.8) is 0 Å². The standard InChI is InChI=1S/C14H19NO2/c1-11-5-4-6-12(9-11)13(16)15-7-8-17-14(2,3)10-15/h4-6,9H,7-8,10H2,1-3H3. The van der Waals surface area contributed by atoms with E-state index < -0.39 is 0 Å². The second-order valence-electron chi connectivity index (χ2n) is 5.20. The number of ether oxygens (including phenoxy) is 1. The van der Waals surface area contributed by atoms with Crippen LogP contribution in [0.1, 0.15) is 29.8 Å². The molecule has 1 aromatic rings. The third-order valence-electron chi connectivity index (χ3n) is 2.98. The highest BCUT2D eigenvalue weighted by Gasteiger charge is 2.30. The Labute approximate surface area is 102 Å². The maximum atomic E-state index is 12.3. The van der Waals surface area contributed by atoms with Crippen molar-refractivity contribution >= 4 is 5.91 Å². The van der Waals surface area contributed by atoms with Crippen molar-refractivity contribution in [3.8, 4) is 0 Å². The zero-order valence-corrected chi connectivity index (χ0v) is 10.7. The second-order valence-corrected chi connectivity index (χ2v) is 5.20. The number of amides is 1. The molecule has 0 radical (unpaired) electrons. The Morgan fingerprint density at radius 2 is 2.18 bits per heavy atom. The van der Waals surface area contributed by atoms with Crippen LogP contribution in [0.4, 0.5) is 0 Å². The van der Waals surface area contributed by atoms with Crippen LogP contribution in [-0.4, -0.2) is 36.1 Å². The predicted molar refractivity (Wildman–Crippen MR) is 67.1 cm³/mol. The molecule has 17 heavy (non-hydrogen) atoms. The summed E-state index contributed by atoms with van der Waals surface area (Å²) in [6.45, 7) is 7.98. The lowest BCUT2D eigenvalue weighted by molar-refractivity contribution is -0.0764. The van der Waals surface area contributed by atoms with E-state index in [0.29, 0.717) is 19.7 Å². The van der Waals surface area contributed by atoms with Crippen molar-refractivity contribution in [3.05, 3.63) is 35.4 Å². The van der Waals surface area contributed by atoms with Crippen LogP contribution >= 0.6 is 0 Å². The molecule has 3 heteroatoms. The molecule has 1 aromatic carbocycles. The van der Waals surface area contributed by atoms with Crippen molar-refractivity contribution in [1.29, 1.82) is 0 Å². The van der Waals surface area contributed by atoms with Crippen molar-refractivity contribution in [1.82, 2.24) is 4.90 Å². The van der Waals surface area contributed by atoms with Gasteiger partial charge in [0.05, 0.1) is 12.2 Å². The summed E-state index contributed by atoms with van der Waals surface area (Å²) < 4.78 is 5.61. The highest BCUT2D eigenvalue weighted by Crippen LogP contribution is 2.18. The molecule has 0 unspecified atom stereocenters. The van der Waals surface area contributed by atoms with E-state index in [1.807, 2.05) is 49.9 Å². The van der Waals surface area contributed by atoms with E-state index >= 15 is 0 Å². The average molecular weight is 233 g/mol. The quantitative estimate of drug-likeness (QED) is 0.744. The number of hydrogen-bond donors (Lipinski definition) is 0. The number of carbonyl (C=O) groups excluding carboxylic acids is 1. The fraction of sp³-hybridized carbons (Fsp3) is 0.500. The van der Waals surface area contributed by atoms with E-state index in [-0.39, 0.29) is 11.5 Å². The lowest BCUT2D eigenvalue weighted by Crippen LogP contribution is -2.50. The van der Waals surface area contributed by atoms with Gasteiger partial charge in [0.2, 0.25) is 0 Å². The molecule has 3 nitrogen and oxygen atoms in total. The Morgan fingerprint density at radius 3 is 2.82 bits per heavy atom. The normalized spacial score (nSPS) is 19.1. The van der Waals surface area contributed by atoms with Crippen LogP contribution in [0.5, 0.6) is 0 Å². The van der Waals surface area contributed by atoms with Gasteiger partial charge < -0.3 is 9.64 Å². The minimum Gasteiger partial charge on any atom is -0.372 e. The molecule has 0 N–H and O–H groups in total. The molecule has 1 saturated heterocycles. The minimum atomic E-state index is -0.238. The van der Waals surface area contributed by atoms with Gasteiger partial charge in [-0.2, -0.15) is 0 Å². The fourth-order valence-corrected chi connectivity index (χ4v) is 2.15. The number of carbonyl (C=O) groups is 1. The topological polar surface area (TPSA) is 29.5 Å². The number of aryl methyl sites for hydroxylation is 1. The minimum absolute atomic E-state index is 0.102. The number of benzene rings is 1. The van der Waals surface area contributed by atoms with Gasteiger partial charge in [0, 0.05) is 18.7 Å². The Hall–Kier alpha value is -1.35. The van der Waals surface area contributed by atoms with Crippen LogP contribution in [0.15, 0.2) is 24.3 Å². The molecular formula is C14H19NO2. The zero-order chi connectivity index (χ0) is 12.5. The van der Waals surface area contributed by atoms with Gasteiger partial charge in [-0.25, -0.2) is 0 Å². The monoisotopic (exact) mass is 233 g/mol. The van der Waals surface area contributed by atoms with Crippen LogP contribution in [0.25, 0.3) is 0 Å². The molecule has 0 aromatic heterocycles. The Bertz CT molecular complexity index is 426. The van der Waals surface area contributed by atoms with E-state index in [9.17, 15) is 4.79 Å². The average Bonchev–Trinajstić information content (AvgIpc) is 2.26. The summed E-state index contributed by atoms with van der Waals surface area (Å²) >= 11 is 0. The first kappa shape index (κ1) is 12.1. The van der Waals surface area contributed by atoms with Crippen molar-refractivity contribution < 1.29 is 9.53 Å². The van der Waals surface area contributed by atoms with Crippen molar-refractivity contribution in [2.75, 3.05) is 19.7 Å². The number of rotatable bonds is 1. The predicted octanol–water partition coefficient (Wildman–Crippen LogP) is 2.25. The molecule has 1 amide bonds. The summed E-state index contributed by atoms with van der Waals surface area (Å²) in [6, 6.07) is 7.73. The maximum Gasteiger partial charge on any atom is 0.254 e. The SMILES string of the molecule is Cc1cccc(C(=O)N2CCOC(C)(C)C2)c1. The zero-order valence-electron chi connectivity index (χ0n) is 10.7. The summed E-state index contributed by atoms with van der Waals surface area (Å²) in [4.78, 5) is 14.2.